The molecule has 2 aromatic heterocycles. The van der Waals surface area contributed by atoms with Gasteiger partial charge in [0.2, 0.25) is 18.2 Å². The van der Waals surface area contributed by atoms with Crippen LogP contribution in [0.2, 0.25) is 0 Å². The smallest absolute Gasteiger partial charge is 0.407 e. The SMILES string of the molecule is C=CCc1[nH]c([C@@H]2CCCN2C(=O)[C@@H](NC(=O)OC)C2CCOCC2)nc1-c1ccc(-c2ccc(-c3cnc([C@@H]4CCCN4C(=O)[C@@H](NC4OCO4)C4CCOCC4)[nH]3)cc2)cc1. The van der Waals surface area contributed by atoms with E-state index in [0.717, 1.165) is 89.5 Å². The number of aromatic amines is 2. The number of nitrogens with one attached hydrogen (secondary N) is 4. The number of nitrogens with zero attached hydrogens (tertiary/aromatic N) is 4. The number of hydrogen-bond donors (Lipinski definition) is 4. The van der Waals surface area contributed by atoms with Gasteiger partial charge in [0.05, 0.1) is 42.8 Å². The number of rotatable bonds is 14. The molecule has 4 aromatic rings. The number of alkyl carbamates (subject to hydrolysis) is 1. The number of H-pyrrole nitrogens is 2. The van der Waals surface area contributed by atoms with E-state index in [1.54, 1.807) is 0 Å². The summed E-state index contributed by atoms with van der Waals surface area (Å²) in [6, 6.07) is 15.3. The molecule has 4 N–H and O–H groups in total. The summed E-state index contributed by atoms with van der Waals surface area (Å²) in [6.07, 6.45) is 9.46. The Balaban J connectivity index is 0.877. The average molecular weight is 863 g/mol. The molecule has 0 bridgehead atoms. The van der Waals surface area contributed by atoms with Gasteiger partial charge >= 0.3 is 6.09 Å². The molecular formula is C47H58N8O8. The fourth-order valence-corrected chi connectivity index (χ4v) is 9.87. The van der Waals surface area contributed by atoms with E-state index >= 15 is 0 Å². The molecule has 63 heavy (non-hydrogen) atoms. The second-order valence-electron chi connectivity index (χ2n) is 17.1. The molecule has 9 rings (SSSR count). The Morgan fingerprint density at radius 2 is 1.33 bits per heavy atom. The zero-order valence-corrected chi connectivity index (χ0v) is 35.9. The number of ether oxygens (including phenoxy) is 5. The van der Waals surface area contributed by atoms with Crippen molar-refractivity contribution in [3.05, 3.63) is 84.7 Å². The number of carbonyl (C=O) groups excluding carboxylic acids is 3. The molecule has 5 fully saturated rings. The Hall–Kier alpha value is -5.39. The molecule has 0 radical (unpaired) electrons. The first kappa shape index (κ1) is 42.9. The Kier molecular flexibility index (Phi) is 13.3. The summed E-state index contributed by atoms with van der Waals surface area (Å²) in [5, 5.41) is 6.15. The summed E-state index contributed by atoms with van der Waals surface area (Å²) in [7, 11) is 1.31. The van der Waals surface area contributed by atoms with Gasteiger partial charge in [0.1, 0.15) is 17.7 Å². The Morgan fingerprint density at radius 1 is 0.778 bits per heavy atom. The predicted octanol–water partition coefficient (Wildman–Crippen LogP) is 6.01. The molecule has 2 aromatic carbocycles. The highest BCUT2D eigenvalue weighted by molar-refractivity contribution is 5.87. The molecule has 16 heteroatoms. The summed E-state index contributed by atoms with van der Waals surface area (Å²) in [5.74, 6) is 1.56. The number of allylic oxidation sites excluding steroid dienone is 1. The van der Waals surface area contributed by atoms with Gasteiger partial charge in [0.25, 0.3) is 0 Å². The minimum absolute atomic E-state index is 0.0393. The second kappa shape index (κ2) is 19.6. The number of amides is 3. The van der Waals surface area contributed by atoms with Gasteiger partial charge in [-0.15, -0.1) is 6.58 Å². The van der Waals surface area contributed by atoms with Crippen LogP contribution < -0.4 is 10.6 Å². The summed E-state index contributed by atoms with van der Waals surface area (Å²) in [4.78, 5) is 61.5. The van der Waals surface area contributed by atoms with Crippen LogP contribution in [0.15, 0.2) is 67.4 Å². The highest BCUT2D eigenvalue weighted by Gasteiger charge is 2.42. The van der Waals surface area contributed by atoms with Crippen molar-refractivity contribution in [1.29, 1.82) is 0 Å². The molecule has 5 aliphatic rings. The Labute approximate surface area is 367 Å². The minimum Gasteiger partial charge on any atom is -0.453 e. The van der Waals surface area contributed by atoms with Gasteiger partial charge in [-0.05, 0) is 79.9 Å². The van der Waals surface area contributed by atoms with Crippen LogP contribution >= 0.6 is 0 Å². The van der Waals surface area contributed by atoms with Crippen LogP contribution in [0.3, 0.4) is 0 Å². The third-order valence-corrected chi connectivity index (χ3v) is 13.4. The maximum absolute atomic E-state index is 14.2. The first-order chi connectivity index (χ1) is 30.9. The molecule has 5 saturated heterocycles. The van der Waals surface area contributed by atoms with Crippen LogP contribution in [-0.2, 0) is 39.7 Å². The summed E-state index contributed by atoms with van der Waals surface area (Å²) in [5.41, 5.74) is 6.75. The zero-order valence-electron chi connectivity index (χ0n) is 35.9. The van der Waals surface area contributed by atoms with Crippen LogP contribution in [0.1, 0.15) is 80.8 Å². The van der Waals surface area contributed by atoms with E-state index in [9.17, 15) is 14.4 Å². The van der Waals surface area contributed by atoms with Crippen molar-refractivity contribution >= 4 is 17.9 Å². The lowest BCUT2D eigenvalue weighted by Gasteiger charge is -2.38. The molecule has 0 aliphatic carbocycles. The molecule has 334 valence electrons. The maximum Gasteiger partial charge on any atom is 0.407 e. The van der Waals surface area contributed by atoms with E-state index in [4.69, 9.17) is 33.7 Å². The van der Waals surface area contributed by atoms with E-state index in [-0.39, 0.29) is 42.5 Å². The largest absolute Gasteiger partial charge is 0.453 e. The van der Waals surface area contributed by atoms with Gasteiger partial charge < -0.3 is 48.8 Å². The summed E-state index contributed by atoms with van der Waals surface area (Å²) < 4.78 is 27.0. The quantitative estimate of drug-likeness (QED) is 0.109. The first-order valence-corrected chi connectivity index (χ1v) is 22.4. The van der Waals surface area contributed by atoms with Crippen LogP contribution in [0.25, 0.3) is 33.6 Å². The first-order valence-electron chi connectivity index (χ1n) is 22.4. The van der Waals surface area contributed by atoms with Crippen LogP contribution in [-0.4, -0.2) is 120 Å². The van der Waals surface area contributed by atoms with Gasteiger partial charge in [0.15, 0.2) is 6.79 Å². The van der Waals surface area contributed by atoms with Gasteiger partial charge in [-0.1, -0.05) is 54.6 Å². The molecule has 3 amide bonds. The van der Waals surface area contributed by atoms with Crippen molar-refractivity contribution in [3.8, 4) is 33.6 Å². The highest BCUT2D eigenvalue weighted by Crippen LogP contribution is 2.37. The lowest BCUT2D eigenvalue weighted by molar-refractivity contribution is -0.336. The number of hydrogen-bond acceptors (Lipinski definition) is 11. The molecule has 5 aliphatic heterocycles. The lowest BCUT2D eigenvalue weighted by Crippen LogP contribution is -2.58. The van der Waals surface area contributed by atoms with E-state index in [2.05, 4.69) is 75.7 Å². The number of imidazole rings is 2. The lowest BCUT2D eigenvalue weighted by atomic mass is 9.90. The van der Waals surface area contributed by atoms with E-state index in [1.165, 1.54) is 7.11 Å². The number of likely N-dealkylation sites (tertiary alicyclic amines) is 2. The van der Waals surface area contributed by atoms with Crippen molar-refractivity contribution in [2.75, 3.05) is 53.4 Å². The van der Waals surface area contributed by atoms with Crippen molar-refractivity contribution in [1.82, 2.24) is 40.4 Å². The summed E-state index contributed by atoms with van der Waals surface area (Å²) >= 11 is 0. The average Bonchev–Trinajstić information content (AvgIpc) is 4.16. The fraction of sp³-hybridized carbons (Fsp3) is 0.511. The van der Waals surface area contributed by atoms with Crippen LogP contribution in [0.4, 0.5) is 4.79 Å². The number of carbonyl (C=O) groups is 3. The zero-order chi connectivity index (χ0) is 43.3. The molecule has 0 saturated carbocycles. The molecule has 16 nitrogen and oxygen atoms in total. The Morgan fingerprint density at radius 3 is 1.90 bits per heavy atom. The van der Waals surface area contributed by atoms with E-state index in [0.29, 0.717) is 58.8 Å². The third-order valence-electron chi connectivity index (χ3n) is 13.4. The second-order valence-corrected chi connectivity index (χ2v) is 17.1. The van der Waals surface area contributed by atoms with Gasteiger partial charge in [-0.2, -0.15) is 0 Å². The molecule has 4 atom stereocenters. The standard InChI is InChI=1S/C47H58N8O8/c1-3-6-35-39(51-43(49-35)38-8-5-22-55(38)44(56)40(52-46(58)59-2)33-17-23-60-24-18-33)32-15-11-30(12-16-32)29-9-13-31(14-10-29)36-27-48-42(50-36)37-7-4-21-54(37)45(57)41(53-47-62-28-63-47)34-19-25-61-26-20-34/h3,9-16,27,33-34,37-38,40-41,47,53H,1,4-8,17-26,28H2,2H3,(H,48,50)(H,49,51)(H,52,58)/t37-,38-,40-,41-/m0/s1. The minimum atomic E-state index is -0.699. The van der Waals surface area contributed by atoms with E-state index in [1.807, 2.05) is 22.1 Å². The van der Waals surface area contributed by atoms with Crippen molar-refractivity contribution in [2.24, 2.45) is 11.8 Å². The third kappa shape index (κ3) is 9.32. The van der Waals surface area contributed by atoms with E-state index < -0.39 is 24.6 Å². The van der Waals surface area contributed by atoms with Gasteiger partial charge in [-0.25, -0.2) is 14.8 Å². The fourth-order valence-electron chi connectivity index (χ4n) is 9.87. The Bertz CT molecular complexity index is 2210. The maximum atomic E-state index is 14.2. The predicted molar refractivity (Wildman–Crippen MR) is 232 cm³/mol. The normalized spacial score (nSPS) is 22.1. The number of benzene rings is 2. The molecule has 7 heterocycles. The molecule has 0 spiro atoms. The topological polar surface area (TPSA) is 185 Å². The van der Waals surface area contributed by atoms with Crippen molar-refractivity contribution < 1.29 is 38.1 Å². The molecule has 0 unspecified atom stereocenters. The van der Waals surface area contributed by atoms with Gasteiger partial charge in [0, 0.05) is 57.2 Å². The monoisotopic (exact) mass is 862 g/mol. The van der Waals surface area contributed by atoms with Gasteiger partial charge in [-0.3, -0.25) is 14.9 Å². The van der Waals surface area contributed by atoms with Crippen LogP contribution in [0.5, 0.6) is 0 Å². The summed E-state index contributed by atoms with van der Waals surface area (Å²) in [6.45, 7) is 7.87. The van der Waals surface area contributed by atoms with Crippen LogP contribution in [0, 0.1) is 11.8 Å². The molecular weight excluding hydrogens is 805 g/mol. The number of aromatic nitrogens is 4. The van der Waals surface area contributed by atoms with Crippen molar-refractivity contribution in [2.45, 2.75) is 88.4 Å². The number of methoxy groups -OCH3 is 1. The highest BCUT2D eigenvalue weighted by atomic mass is 16.9. The van der Waals surface area contributed by atoms with Crippen molar-refractivity contribution in [3.63, 3.8) is 0 Å².